The first-order valence-corrected chi connectivity index (χ1v) is 20.4. The average molecular weight is 729 g/mol. The van der Waals surface area contributed by atoms with Gasteiger partial charge in [0.05, 0.1) is 36.9 Å². The van der Waals surface area contributed by atoms with Gasteiger partial charge in [0, 0.05) is 24.2 Å². The Morgan fingerprint density at radius 2 is 1.41 bits per heavy atom. The zero-order chi connectivity index (χ0) is 38.8. The Morgan fingerprint density at radius 3 is 1.93 bits per heavy atom. The Bertz CT molecular complexity index is 1940. The smallest absolute Gasteiger partial charge is 0.126 e. The van der Waals surface area contributed by atoms with Crippen LogP contribution in [0.1, 0.15) is 104 Å². The van der Waals surface area contributed by atoms with E-state index in [2.05, 4.69) is 136 Å². The van der Waals surface area contributed by atoms with Crippen LogP contribution in [0.25, 0.3) is 33.6 Å². The lowest BCUT2D eigenvalue weighted by atomic mass is 9.83. The van der Waals surface area contributed by atoms with Gasteiger partial charge >= 0.3 is 0 Å². The minimum atomic E-state index is 0.560. The van der Waals surface area contributed by atoms with Crippen LogP contribution in [0.4, 0.5) is 0 Å². The van der Waals surface area contributed by atoms with E-state index in [1.54, 1.807) is 12.0 Å². The normalized spacial score (nSPS) is 15.5. The molecule has 2 aromatic carbocycles. The standard InChI is InChI=1S/C39H50N6.C8H14O/c1-7-17-44(6)24-38-40-22-35(42-38)30-12-14-32-28(20-30)10-11-29-21-31(13-15-33(29)32)36-23-41-39(43-36)25-45(18-8-2)37-16-9-27(5)19-34(37)26(3)4;1-7(2)8(3)5-4-6-9/h9,12-16,20-23,26,34H,7-8,10-11,17-19,24-25H2,1-6H3,(H,40,42)(H,41,43);4,7-8H,5H2,1-3H3. The second-order valence-electron chi connectivity index (χ2n) is 16.3. The first-order chi connectivity index (χ1) is 26.0. The van der Waals surface area contributed by atoms with E-state index in [-0.39, 0.29) is 0 Å². The molecule has 2 unspecified atom stereocenters. The molecule has 2 atom stereocenters. The van der Waals surface area contributed by atoms with Crippen LogP contribution in [-0.2, 0) is 30.7 Å². The van der Waals surface area contributed by atoms with Crippen molar-refractivity contribution in [1.82, 2.24) is 29.7 Å². The van der Waals surface area contributed by atoms with E-state index < -0.39 is 0 Å². The zero-order valence-electron chi connectivity index (χ0n) is 34.4. The number of aryl methyl sites for hydroxylation is 2. The number of aromatic amines is 2. The van der Waals surface area contributed by atoms with Gasteiger partial charge in [-0.05, 0) is 128 Å². The maximum atomic E-state index is 9.75. The Morgan fingerprint density at radius 1 is 0.833 bits per heavy atom. The number of rotatable bonds is 15. The van der Waals surface area contributed by atoms with Crippen LogP contribution in [0, 0.1) is 23.7 Å². The Balaban J connectivity index is 0.000000554. The maximum absolute atomic E-state index is 9.75. The summed E-state index contributed by atoms with van der Waals surface area (Å²) in [7, 11) is 2.15. The van der Waals surface area contributed by atoms with Gasteiger partial charge in [0.25, 0.3) is 0 Å². The summed E-state index contributed by atoms with van der Waals surface area (Å²) in [5.41, 5.74) is 13.1. The fraction of sp³-hybridized carbons (Fsp3) is 0.489. The first kappa shape index (κ1) is 40.7. The maximum Gasteiger partial charge on any atom is 0.126 e. The molecule has 0 bridgehead atoms. The Hall–Kier alpha value is -4.45. The first-order valence-electron chi connectivity index (χ1n) is 20.4. The molecule has 2 N–H and O–H groups in total. The molecule has 54 heavy (non-hydrogen) atoms. The van der Waals surface area contributed by atoms with Crippen LogP contribution in [0.3, 0.4) is 0 Å². The monoisotopic (exact) mass is 729 g/mol. The largest absolute Gasteiger partial charge is 0.367 e. The van der Waals surface area contributed by atoms with Gasteiger partial charge in [0.1, 0.15) is 17.6 Å². The molecule has 7 nitrogen and oxygen atoms in total. The van der Waals surface area contributed by atoms with Crippen molar-refractivity contribution in [1.29, 1.82) is 0 Å². The number of allylic oxidation sites excluding steroid dienone is 5. The SMILES string of the molecule is CC(C)C(C)CC=C=O.CCCN(C)Cc1ncc(-c2ccc3c(c2)CCc2cc(-c4cnc(CN(CCC)C5=CC=C(C)CC5C(C)C)[nH]4)ccc2-3)[nH]1. The van der Waals surface area contributed by atoms with Crippen molar-refractivity contribution in [3.63, 3.8) is 0 Å². The Kier molecular flexibility index (Phi) is 14.5. The summed E-state index contributed by atoms with van der Waals surface area (Å²) in [6.45, 7) is 21.6. The molecule has 0 fully saturated rings. The van der Waals surface area contributed by atoms with Crippen molar-refractivity contribution >= 4 is 5.94 Å². The van der Waals surface area contributed by atoms with Crippen LogP contribution in [0.15, 0.2) is 78.3 Å². The molecule has 2 aliphatic carbocycles. The average Bonchev–Trinajstić information content (AvgIpc) is 3.83. The summed E-state index contributed by atoms with van der Waals surface area (Å²) in [4.78, 5) is 31.3. The summed E-state index contributed by atoms with van der Waals surface area (Å²) >= 11 is 0. The van der Waals surface area contributed by atoms with Crippen LogP contribution in [0.2, 0.25) is 0 Å². The second-order valence-corrected chi connectivity index (χ2v) is 16.3. The minimum absolute atomic E-state index is 0.560. The predicted octanol–water partition coefficient (Wildman–Crippen LogP) is 10.8. The van der Waals surface area contributed by atoms with Crippen molar-refractivity contribution in [2.24, 2.45) is 23.7 Å². The highest BCUT2D eigenvalue weighted by Crippen LogP contribution is 2.38. The summed E-state index contributed by atoms with van der Waals surface area (Å²) < 4.78 is 0. The molecule has 0 saturated heterocycles. The lowest BCUT2D eigenvalue weighted by Crippen LogP contribution is -2.31. The van der Waals surface area contributed by atoms with E-state index in [9.17, 15) is 4.79 Å². The number of fused-ring (bicyclic) bond motifs is 3. The van der Waals surface area contributed by atoms with Crippen LogP contribution >= 0.6 is 0 Å². The molecule has 7 heteroatoms. The van der Waals surface area contributed by atoms with Crippen molar-refractivity contribution in [3.05, 3.63) is 101 Å². The van der Waals surface area contributed by atoms with Gasteiger partial charge < -0.3 is 14.9 Å². The minimum Gasteiger partial charge on any atom is -0.367 e. The molecule has 6 rings (SSSR count). The molecule has 4 aromatic rings. The number of H-pyrrole nitrogens is 2. The van der Waals surface area contributed by atoms with Crippen LogP contribution in [0.5, 0.6) is 0 Å². The number of imidazole rings is 2. The summed E-state index contributed by atoms with van der Waals surface area (Å²) in [6.07, 6.45) is 16.6. The zero-order valence-corrected chi connectivity index (χ0v) is 34.4. The number of nitrogens with one attached hydrogen (secondary N) is 2. The molecule has 2 aliphatic rings. The number of hydrogen-bond donors (Lipinski definition) is 2. The molecule has 288 valence electrons. The fourth-order valence-corrected chi connectivity index (χ4v) is 7.67. The highest BCUT2D eigenvalue weighted by atomic mass is 16.1. The van der Waals surface area contributed by atoms with Crippen molar-refractivity contribution < 1.29 is 4.79 Å². The second kappa shape index (κ2) is 19.2. The van der Waals surface area contributed by atoms with E-state index in [0.29, 0.717) is 23.7 Å². The lowest BCUT2D eigenvalue weighted by Gasteiger charge is -2.36. The Labute approximate surface area is 325 Å². The summed E-state index contributed by atoms with van der Waals surface area (Å²) in [6, 6.07) is 13.8. The topological polar surface area (TPSA) is 80.9 Å². The third kappa shape index (κ3) is 10.4. The number of aromatic nitrogens is 4. The van der Waals surface area contributed by atoms with Gasteiger partial charge in [-0.2, -0.15) is 0 Å². The number of nitrogens with zero attached hydrogens (tertiary/aromatic N) is 4. The lowest BCUT2D eigenvalue weighted by molar-refractivity contribution is 0.256. The molecule has 0 saturated carbocycles. The quantitative estimate of drug-likeness (QED) is 0.119. The van der Waals surface area contributed by atoms with Gasteiger partial charge in [0.15, 0.2) is 0 Å². The fourth-order valence-electron chi connectivity index (χ4n) is 7.67. The van der Waals surface area contributed by atoms with Gasteiger partial charge in [-0.3, -0.25) is 4.90 Å². The van der Waals surface area contributed by atoms with E-state index >= 15 is 0 Å². The highest BCUT2D eigenvalue weighted by molar-refractivity contribution is 5.79. The van der Waals surface area contributed by atoms with E-state index in [4.69, 9.17) is 4.98 Å². The molecule has 0 amide bonds. The van der Waals surface area contributed by atoms with E-state index in [1.807, 2.05) is 12.4 Å². The van der Waals surface area contributed by atoms with Gasteiger partial charge in [-0.25, -0.2) is 14.8 Å². The number of hydrogen-bond acceptors (Lipinski definition) is 5. The molecule has 0 spiro atoms. The van der Waals surface area contributed by atoms with E-state index in [1.165, 1.54) is 44.7 Å². The third-order valence-electron chi connectivity index (χ3n) is 11.2. The summed E-state index contributed by atoms with van der Waals surface area (Å²) in [5, 5.41) is 0. The van der Waals surface area contributed by atoms with Crippen molar-refractivity contribution in [3.8, 4) is 33.6 Å². The molecular weight excluding hydrogens is 665 g/mol. The van der Waals surface area contributed by atoms with Crippen LogP contribution < -0.4 is 0 Å². The molecule has 2 heterocycles. The third-order valence-corrected chi connectivity index (χ3v) is 11.2. The van der Waals surface area contributed by atoms with Gasteiger partial charge in [-0.15, -0.1) is 0 Å². The van der Waals surface area contributed by atoms with Crippen LogP contribution in [-0.4, -0.2) is 55.8 Å². The van der Waals surface area contributed by atoms with Gasteiger partial charge in [-0.1, -0.05) is 84.4 Å². The summed E-state index contributed by atoms with van der Waals surface area (Å²) in [5.74, 6) is 6.27. The molecule has 0 aliphatic heterocycles. The molecule has 0 radical (unpaired) electrons. The molecular formula is C47H64N6O. The molecule has 2 aromatic heterocycles. The highest BCUT2D eigenvalue weighted by Gasteiger charge is 2.26. The number of carbonyl (C=O) groups excluding carboxylic acids is 1. The van der Waals surface area contributed by atoms with Crippen molar-refractivity contribution in [2.45, 2.75) is 107 Å². The van der Waals surface area contributed by atoms with E-state index in [0.717, 1.165) is 87.7 Å². The van der Waals surface area contributed by atoms with Gasteiger partial charge in [0.2, 0.25) is 0 Å². The number of benzene rings is 2. The van der Waals surface area contributed by atoms with Crippen molar-refractivity contribution in [2.75, 3.05) is 20.1 Å². The predicted molar refractivity (Wildman–Crippen MR) is 225 cm³/mol.